The van der Waals surface area contributed by atoms with E-state index in [-0.39, 0.29) is 21.6 Å². The highest BCUT2D eigenvalue weighted by Crippen LogP contribution is 2.33. The third-order valence-corrected chi connectivity index (χ3v) is 2.91. The molecule has 0 spiro atoms. The molecule has 0 atom stereocenters. The molecule has 0 fully saturated rings. The largest absolute Gasteiger partial charge is 0.433 e. The van der Waals surface area contributed by atoms with Gasteiger partial charge in [-0.15, -0.1) is 0 Å². The summed E-state index contributed by atoms with van der Waals surface area (Å²) < 4.78 is 38.9. The van der Waals surface area contributed by atoms with E-state index in [4.69, 9.17) is 28.9 Å². The molecule has 0 amide bonds. The Bertz CT molecular complexity index is 593. The monoisotopic (exact) mass is 295 g/mol. The zero-order chi connectivity index (χ0) is 13.5. The van der Waals surface area contributed by atoms with Crippen molar-refractivity contribution in [2.45, 2.75) is 6.18 Å². The summed E-state index contributed by atoms with van der Waals surface area (Å²) >= 11 is 11.4. The Kier molecular flexibility index (Phi) is 3.16. The van der Waals surface area contributed by atoms with Crippen molar-refractivity contribution in [3.8, 4) is 5.69 Å². The van der Waals surface area contributed by atoms with Crippen molar-refractivity contribution >= 4 is 29.0 Å². The van der Waals surface area contributed by atoms with Crippen molar-refractivity contribution in [2.24, 2.45) is 0 Å². The first-order valence-electron chi connectivity index (χ1n) is 4.67. The quantitative estimate of drug-likeness (QED) is 0.870. The van der Waals surface area contributed by atoms with E-state index in [1.165, 1.54) is 18.2 Å². The Morgan fingerprint density at radius 3 is 2.33 bits per heavy atom. The molecular weight excluding hydrogens is 290 g/mol. The van der Waals surface area contributed by atoms with Gasteiger partial charge in [0.2, 0.25) is 0 Å². The number of halogens is 5. The molecule has 0 aliphatic carbocycles. The third-order valence-electron chi connectivity index (χ3n) is 2.17. The van der Waals surface area contributed by atoms with Gasteiger partial charge in [-0.05, 0) is 18.2 Å². The van der Waals surface area contributed by atoms with Crippen LogP contribution in [0.2, 0.25) is 10.0 Å². The first kappa shape index (κ1) is 13.0. The molecule has 96 valence electrons. The van der Waals surface area contributed by atoms with Crippen molar-refractivity contribution < 1.29 is 13.2 Å². The molecule has 2 N–H and O–H groups in total. The van der Waals surface area contributed by atoms with Crippen molar-refractivity contribution in [2.75, 3.05) is 5.73 Å². The topological polar surface area (TPSA) is 43.8 Å². The molecule has 0 aliphatic rings. The molecule has 0 saturated carbocycles. The fraction of sp³-hybridized carbons (Fsp3) is 0.100. The molecule has 2 aromatic rings. The fourth-order valence-corrected chi connectivity index (χ4v) is 1.71. The maximum absolute atomic E-state index is 12.8. The lowest BCUT2D eigenvalue weighted by Crippen LogP contribution is -2.13. The number of alkyl halides is 3. The number of nitrogens with zero attached hydrogens (tertiary/aromatic N) is 2. The summed E-state index contributed by atoms with van der Waals surface area (Å²) in [6, 6.07) is 4.79. The van der Waals surface area contributed by atoms with Gasteiger partial charge in [0.1, 0.15) is 11.5 Å². The van der Waals surface area contributed by atoms with Gasteiger partial charge in [-0.25, -0.2) is 4.68 Å². The molecule has 1 heterocycles. The van der Waals surface area contributed by atoms with Crippen molar-refractivity contribution in [3.63, 3.8) is 0 Å². The van der Waals surface area contributed by atoms with E-state index in [1.807, 2.05) is 0 Å². The number of anilines is 1. The lowest BCUT2D eigenvalue weighted by Gasteiger charge is -2.10. The Morgan fingerprint density at radius 1 is 1.11 bits per heavy atom. The summed E-state index contributed by atoms with van der Waals surface area (Å²) in [4.78, 5) is 0. The predicted octanol–water partition coefficient (Wildman–Crippen LogP) is 3.78. The normalized spacial score (nSPS) is 11.8. The van der Waals surface area contributed by atoms with E-state index in [0.717, 1.165) is 6.07 Å². The first-order chi connectivity index (χ1) is 8.29. The minimum Gasteiger partial charge on any atom is -0.382 e. The van der Waals surface area contributed by atoms with Crippen LogP contribution in [0, 0.1) is 0 Å². The Balaban J connectivity index is 2.60. The average molecular weight is 296 g/mol. The lowest BCUT2D eigenvalue weighted by molar-refractivity contribution is -0.142. The van der Waals surface area contributed by atoms with Crippen LogP contribution in [0.25, 0.3) is 5.69 Å². The van der Waals surface area contributed by atoms with Crippen LogP contribution in [-0.2, 0) is 6.18 Å². The molecule has 0 radical (unpaired) electrons. The maximum atomic E-state index is 12.8. The van der Waals surface area contributed by atoms with Crippen LogP contribution in [0.5, 0.6) is 0 Å². The maximum Gasteiger partial charge on any atom is 0.433 e. The second-order valence-corrected chi connectivity index (χ2v) is 4.28. The molecule has 0 unspecified atom stereocenters. The van der Waals surface area contributed by atoms with Crippen LogP contribution in [0.15, 0.2) is 24.3 Å². The zero-order valence-electron chi connectivity index (χ0n) is 8.67. The van der Waals surface area contributed by atoms with Gasteiger partial charge < -0.3 is 5.73 Å². The summed E-state index contributed by atoms with van der Waals surface area (Å²) in [5.41, 5.74) is 4.45. The minimum absolute atomic E-state index is 0.133. The standard InChI is InChI=1S/C10H6Cl2F3N3/c11-6-2-1-5(3-7(6)12)18-8(10(13,14)15)4-9(16)17-18/h1-4H,(H2,16,17). The fourth-order valence-electron chi connectivity index (χ4n) is 1.41. The molecule has 0 saturated heterocycles. The summed E-state index contributed by atoms with van der Waals surface area (Å²) in [7, 11) is 0. The van der Waals surface area contributed by atoms with E-state index in [1.54, 1.807) is 0 Å². The SMILES string of the molecule is Nc1cc(C(F)(F)F)n(-c2ccc(Cl)c(Cl)c2)n1. The van der Waals surface area contributed by atoms with E-state index in [0.29, 0.717) is 4.68 Å². The molecule has 1 aromatic heterocycles. The Hall–Kier alpha value is -1.40. The van der Waals surface area contributed by atoms with Crippen molar-refractivity contribution in [1.82, 2.24) is 9.78 Å². The second-order valence-electron chi connectivity index (χ2n) is 3.46. The number of nitrogens with two attached hydrogens (primary N) is 1. The van der Waals surface area contributed by atoms with Gasteiger partial charge in [0.05, 0.1) is 15.7 Å². The summed E-state index contributed by atoms with van der Waals surface area (Å²) in [5.74, 6) is -0.228. The van der Waals surface area contributed by atoms with Gasteiger partial charge in [0.15, 0.2) is 0 Å². The highest BCUT2D eigenvalue weighted by atomic mass is 35.5. The van der Waals surface area contributed by atoms with Crippen molar-refractivity contribution in [3.05, 3.63) is 40.0 Å². The van der Waals surface area contributed by atoms with Gasteiger partial charge in [-0.2, -0.15) is 18.3 Å². The Labute approximate surface area is 110 Å². The predicted molar refractivity (Wildman–Crippen MR) is 63.0 cm³/mol. The van der Waals surface area contributed by atoms with Crippen LogP contribution in [0.3, 0.4) is 0 Å². The van der Waals surface area contributed by atoms with Gasteiger partial charge in [0.25, 0.3) is 0 Å². The molecule has 3 nitrogen and oxygen atoms in total. The van der Waals surface area contributed by atoms with E-state index >= 15 is 0 Å². The molecule has 1 aromatic carbocycles. The van der Waals surface area contributed by atoms with Gasteiger partial charge in [0, 0.05) is 6.07 Å². The molecule has 2 rings (SSSR count). The summed E-state index contributed by atoms with van der Waals surface area (Å²) in [5, 5.41) is 3.97. The highest BCUT2D eigenvalue weighted by molar-refractivity contribution is 6.42. The zero-order valence-corrected chi connectivity index (χ0v) is 10.2. The van der Waals surface area contributed by atoms with Gasteiger partial charge >= 0.3 is 6.18 Å². The molecule has 18 heavy (non-hydrogen) atoms. The van der Waals surface area contributed by atoms with Crippen molar-refractivity contribution in [1.29, 1.82) is 0 Å². The summed E-state index contributed by atoms with van der Waals surface area (Å²) in [6.45, 7) is 0. The minimum atomic E-state index is -4.56. The second kappa shape index (κ2) is 4.37. The van der Waals surface area contributed by atoms with Crippen LogP contribution in [-0.4, -0.2) is 9.78 Å². The number of rotatable bonds is 1. The van der Waals surface area contributed by atoms with E-state index < -0.39 is 11.9 Å². The summed E-state index contributed by atoms with van der Waals surface area (Å²) in [6.07, 6.45) is -4.56. The molecule has 0 aliphatic heterocycles. The number of hydrogen-bond donors (Lipinski definition) is 1. The smallest absolute Gasteiger partial charge is 0.382 e. The third kappa shape index (κ3) is 2.39. The van der Waals surface area contributed by atoms with Gasteiger partial charge in [-0.1, -0.05) is 23.2 Å². The number of benzene rings is 1. The van der Waals surface area contributed by atoms with Gasteiger partial charge in [-0.3, -0.25) is 0 Å². The van der Waals surface area contributed by atoms with Crippen LogP contribution in [0.1, 0.15) is 5.69 Å². The number of nitrogen functional groups attached to an aromatic ring is 1. The molecule has 0 bridgehead atoms. The van der Waals surface area contributed by atoms with Crippen LogP contribution in [0.4, 0.5) is 19.0 Å². The van der Waals surface area contributed by atoms with Crippen LogP contribution >= 0.6 is 23.2 Å². The number of aromatic nitrogens is 2. The van der Waals surface area contributed by atoms with Crippen LogP contribution < -0.4 is 5.73 Å². The highest BCUT2D eigenvalue weighted by Gasteiger charge is 2.36. The van der Waals surface area contributed by atoms with E-state index in [9.17, 15) is 13.2 Å². The average Bonchev–Trinajstić information content (AvgIpc) is 2.64. The lowest BCUT2D eigenvalue weighted by atomic mass is 10.3. The van der Waals surface area contributed by atoms with E-state index in [2.05, 4.69) is 5.10 Å². The first-order valence-corrected chi connectivity index (χ1v) is 5.43. The molecular formula is C10H6Cl2F3N3. The Morgan fingerprint density at radius 2 is 1.78 bits per heavy atom. The molecule has 8 heteroatoms. The number of hydrogen-bond acceptors (Lipinski definition) is 2.